The largest absolute Gasteiger partial charge is 0.378 e. The summed E-state index contributed by atoms with van der Waals surface area (Å²) in [5, 5.41) is 3.11. The summed E-state index contributed by atoms with van der Waals surface area (Å²) in [5.74, 6) is 0.169. The van der Waals surface area contributed by atoms with E-state index in [2.05, 4.69) is 29.6 Å². The lowest BCUT2D eigenvalue weighted by molar-refractivity contribution is -0.121. The van der Waals surface area contributed by atoms with E-state index in [1.807, 2.05) is 6.07 Å². The molecular weight excluding hydrogens is 250 g/mol. The van der Waals surface area contributed by atoms with Crippen molar-refractivity contribution in [3.8, 4) is 0 Å². The molecule has 3 heteroatoms. The van der Waals surface area contributed by atoms with E-state index in [0.717, 1.165) is 32.4 Å². The van der Waals surface area contributed by atoms with Crippen molar-refractivity contribution in [1.29, 1.82) is 0 Å². The van der Waals surface area contributed by atoms with Gasteiger partial charge in [0.15, 0.2) is 0 Å². The number of hydrogen-bond donors (Lipinski definition) is 1. The van der Waals surface area contributed by atoms with E-state index in [4.69, 9.17) is 4.74 Å². The highest BCUT2D eigenvalue weighted by atomic mass is 16.5. The average Bonchev–Trinajstić information content (AvgIpc) is 3.11. The average molecular weight is 273 g/mol. The smallest absolute Gasteiger partial charge is 0.220 e. The van der Waals surface area contributed by atoms with E-state index in [9.17, 15) is 4.79 Å². The third-order valence-corrected chi connectivity index (χ3v) is 4.58. The Morgan fingerprint density at radius 2 is 2.10 bits per heavy atom. The molecule has 1 N–H and O–H groups in total. The lowest BCUT2D eigenvalue weighted by Crippen LogP contribution is -2.32. The number of nitrogens with one attached hydrogen (secondary N) is 1. The second kappa shape index (κ2) is 5.96. The van der Waals surface area contributed by atoms with Gasteiger partial charge in [-0.1, -0.05) is 30.3 Å². The number of carbonyl (C=O) groups is 1. The number of carbonyl (C=O) groups excluding carboxylic acids is 1. The fourth-order valence-electron chi connectivity index (χ4n) is 3.03. The lowest BCUT2D eigenvalue weighted by atomic mass is 9.96. The number of ether oxygens (including phenoxy) is 1. The van der Waals surface area contributed by atoms with Gasteiger partial charge in [-0.15, -0.1) is 0 Å². The molecule has 1 aromatic carbocycles. The molecule has 1 aromatic rings. The van der Waals surface area contributed by atoms with Crippen LogP contribution in [0.4, 0.5) is 0 Å². The van der Waals surface area contributed by atoms with Crippen LogP contribution in [0.15, 0.2) is 30.3 Å². The summed E-state index contributed by atoms with van der Waals surface area (Å²) >= 11 is 0. The maximum atomic E-state index is 11.9. The summed E-state index contributed by atoms with van der Waals surface area (Å²) in [6.07, 6.45) is 6.39. The van der Waals surface area contributed by atoms with Crippen LogP contribution in [0.3, 0.4) is 0 Å². The van der Waals surface area contributed by atoms with E-state index in [1.54, 1.807) is 0 Å². The van der Waals surface area contributed by atoms with E-state index >= 15 is 0 Å². The Morgan fingerprint density at radius 1 is 1.30 bits per heavy atom. The van der Waals surface area contributed by atoms with E-state index in [-0.39, 0.29) is 11.3 Å². The summed E-state index contributed by atoms with van der Waals surface area (Å²) in [5.41, 5.74) is 1.57. The Hall–Kier alpha value is -1.35. The van der Waals surface area contributed by atoms with Crippen molar-refractivity contribution in [2.75, 3.05) is 13.2 Å². The highest BCUT2D eigenvalue weighted by molar-refractivity contribution is 5.76. The summed E-state index contributed by atoms with van der Waals surface area (Å²) in [4.78, 5) is 11.9. The fourth-order valence-corrected chi connectivity index (χ4v) is 3.03. The van der Waals surface area contributed by atoms with Gasteiger partial charge in [0.05, 0.1) is 6.10 Å². The van der Waals surface area contributed by atoms with Crippen LogP contribution >= 0.6 is 0 Å². The van der Waals surface area contributed by atoms with Gasteiger partial charge in [-0.3, -0.25) is 4.79 Å². The van der Waals surface area contributed by atoms with Crippen LogP contribution in [-0.2, 0) is 14.9 Å². The standard InChI is InChI=1S/C17H23NO2/c19-16(9-8-15-7-4-12-20-15)18-13-17(10-11-17)14-5-2-1-3-6-14/h1-3,5-6,15H,4,7-13H2,(H,18,19)/t15-/m0/s1. The highest BCUT2D eigenvalue weighted by Gasteiger charge is 2.44. The van der Waals surface area contributed by atoms with Gasteiger partial charge >= 0.3 is 0 Å². The molecule has 20 heavy (non-hydrogen) atoms. The van der Waals surface area contributed by atoms with Gasteiger partial charge in [0.25, 0.3) is 0 Å². The molecule has 1 heterocycles. The molecule has 1 saturated heterocycles. The van der Waals surface area contributed by atoms with Gasteiger partial charge in [-0.05, 0) is 37.7 Å². The molecule has 0 bridgehead atoms. The molecule has 3 nitrogen and oxygen atoms in total. The number of hydrogen-bond acceptors (Lipinski definition) is 2. The van der Waals surface area contributed by atoms with E-state index < -0.39 is 0 Å². The van der Waals surface area contributed by atoms with Crippen molar-refractivity contribution in [2.24, 2.45) is 0 Å². The minimum atomic E-state index is 0.169. The topological polar surface area (TPSA) is 38.3 Å². The molecule has 108 valence electrons. The number of rotatable bonds is 6. The summed E-state index contributed by atoms with van der Waals surface area (Å²) in [6.45, 7) is 1.64. The molecular formula is C17H23NO2. The fraction of sp³-hybridized carbons (Fsp3) is 0.588. The van der Waals surface area contributed by atoms with Crippen LogP contribution in [0.5, 0.6) is 0 Å². The zero-order chi connectivity index (χ0) is 13.8. The van der Waals surface area contributed by atoms with E-state index in [1.165, 1.54) is 18.4 Å². The molecule has 3 rings (SSSR count). The van der Waals surface area contributed by atoms with Gasteiger partial charge in [0.1, 0.15) is 0 Å². The molecule has 1 amide bonds. The molecule has 0 radical (unpaired) electrons. The third kappa shape index (κ3) is 3.21. The molecule has 1 saturated carbocycles. The quantitative estimate of drug-likeness (QED) is 0.865. The summed E-state index contributed by atoms with van der Waals surface area (Å²) in [7, 11) is 0. The van der Waals surface area contributed by atoms with Gasteiger partial charge in [0.2, 0.25) is 5.91 Å². The summed E-state index contributed by atoms with van der Waals surface area (Å²) in [6, 6.07) is 10.5. The Balaban J connectivity index is 1.43. The maximum absolute atomic E-state index is 11.9. The Kier molecular flexibility index (Phi) is 4.06. The van der Waals surface area contributed by atoms with Gasteiger partial charge in [0, 0.05) is 25.0 Å². The first-order valence-electron chi connectivity index (χ1n) is 7.72. The lowest BCUT2D eigenvalue weighted by Gasteiger charge is -2.17. The summed E-state index contributed by atoms with van der Waals surface area (Å²) < 4.78 is 5.55. The van der Waals surface area contributed by atoms with Crippen molar-refractivity contribution in [3.63, 3.8) is 0 Å². The van der Waals surface area contributed by atoms with Crippen molar-refractivity contribution in [1.82, 2.24) is 5.32 Å². The predicted molar refractivity (Wildman–Crippen MR) is 78.6 cm³/mol. The zero-order valence-electron chi connectivity index (χ0n) is 11.9. The first-order chi connectivity index (χ1) is 9.78. The van der Waals surface area contributed by atoms with Crippen molar-refractivity contribution in [3.05, 3.63) is 35.9 Å². The van der Waals surface area contributed by atoms with Gasteiger partial charge < -0.3 is 10.1 Å². The number of amides is 1. The zero-order valence-corrected chi connectivity index (χ0v) is 11.9. The van der Waals surface area contributed by atoms with Gasteiger partial charge in [-0.25, -0.2) is 0 Å². The molecule has 2 fully saturated rings. The monoisotopic (exact) mass is 273 g/mol. The maximum Gasteiger partial charge on any atom is 0.220 e. The van der Waals surface area contributed by atoms with Crippen LogP contribution in [0, 0.1) is 0 Å². The Bertz CT molecular complexity index is 447. The highest BCUT2D eigenvalue weighted by Crippen LogP contribution is 2.47. The molecule has 0 spiro atoms. The molecule has 1 aliphatic carbocycles. The normalized spacial score (nSPS) is 23.5. The van der Waals surface area contributed by atoms with Crippen molar-refractivity contribution < 1.29 is 9.53 Å². The molecule has 1 atom stereocenters. The Morgan fingerprint density at radius 3 is 2.75 bits per heavy atom. The van der Waals surface area contributed by atoms with Crippen LogP contribution in [0.2, 0.25) is 0 Å². The van der Waals surface area contributed by atoms with Crippen LogP contribution in [-0.4, -0.2) is 25.2 Å². The van der Waals surface area contributed by atoms with Crippen molar-refractivity contribution in [2.45, 2.75) is 50.0 Å². The first-order valence-corrected chi connectivity index (χ1v) is 7.72. The van der Waals surface area contributed by atoms with Gasteiger partial charge in [-0.2, -0.15) is 0 Å². The number of benzene rings is 1. The second-order valence-corrected chi connectivity index (χ2v) is 6.10. The molecule has 0 unspecified atom stereocenters. The first kappa shape index (κ1) is 13.6. The minimum Gasteiger partial charge on any atom is -0.378 e. The van der Waals surface area contributed by atoms with Crippen molar-refractivity contribution >= 4 is 5.91 Å². The minimum absolute atomic E-state index is 0.169. The van der Waals surface area contributed by atoms with Crippen LogP contribution in [0.1, 0.15) is 44.1 Å². The Labute approximate surface area is 120 Å². The van der Waals surface area contributed by atoms with Crippen LogP contribution < -0.4 is 5.32 Å². The second-order valence-electron chi connectivity index (χ2n) is 6.10. The molecule has 0 aromatic heterocycles. The third-order valence-electron chi connectivity index (χ3n) is 4.58. The molecule has 2 aliphatic rings. The predicted octanol–water partition coefficient (Wildman–Crippen LogP) is 2.79. The van der Waals surface area contributed by atoms with Crippen LogP contribution in [0.25, 0.3) is 0 Å². The van der Waals surface area contributed by atoms with E-state index in [0.29, 0.717) is 12.5 Å². The molecule has 1 aliphatic heterocycles. The SMILES string of the molecule is O=C(CC[C@@H]1CCCO1)NCC1(c2ccccc2)CC1.